The smallest absolute Gasteiger partial charge is 0.253 e. The Hall–Kier alpha value is -2.54. The van der Waals surface area contributed by atoms with Crippen molar-refractivity contribution in [2.75, 3.05) is 25.1 Å². The van der Waals surface area contributed by atoms with E-state index in [4.69, 9.17) is 4.74 Å². The number of nitrogens with one attached hydrogen (secondary N) is 1. The summed E-state index contributed by atoms with van der Waals surface area (Å²) < 4.78 is 5.52. The molecule has 2 aromatic heterocycles. The summed E-state index contributed by atoms with van der Waals surface area (Å²) in [7, 11) is 1.72. The minimum Gasteiger partial charge on any atom is -0.380 e. The summed E-state index contributed by atoms with van der Waals surface area (Å²) in [5, 5.41) is 3.04. The molecule has 1 saturated heterocycles. The van der Waals surface area contributed by atoms with Gasteiger partial charge in [0.1, 0.15) is 12.1 Å². The van der Waals surface area contributed by atoms with Gasteiger partial charge in [0.15, 0.2) is 0 Å². The average molecular weight is 355 g/mol. The number of rotatable bonds is 6. The third-order valence-corrected chi connectivity index (χ3v) is 4.82. The van der Waals surface area contributed by atoms with Crippen LogP contribution < -0.4 is 10.2 Å². The van der Waals surface area contributed by atoms with Gasteiger partial charge in [-0.2, -0.15) is 0 Å². The van der Waals surface area contributed by atoms with Crippen LogP contribution in [0.2, 0.25) is 0 Å². The molecule has 0 bridgehead atoms. The second-order valence-corrected chi connectivity index (χ2v) is 6.47. The quantitative estimate of drug-likeness (QED) is 0.851. The highest BCUT2D eigenvalue weighted by atomic mass is 16.5. The minimum atomic E-state index is -0.0962. The number of anilines is 1. The molecule has 1 N–H and O–H groups in total. The summed E-state index contributed by atoms with van der Waals surface area (Å²) in [6, 6.07) is 5.77. The predicted molar refractivity (Wildman–Crippen MR) is 99.3 cm³/mol. The fraction of sp³-hybridized carbons (Fsp3) is 0.474. The molecule has 2 atom stereocenters. The monoisotopic (exact) mass is 355 g/mol. The molecule has 0 aromatic carbocycles. The van der Waals surface area contributed by atoms with Crippen molar-refractivity contribution in [1.82, 2.24) is 20.3 Å². The molecule has 7 heteroatoms. The van der Waals surface area contributed by atoms with Crippen molar-refractivity contribution in [3.63, 3.8) is 0 Å². The van der Waals surface area contributed by atoms with Crippen LogP contribution in [0.15, 0.2) is 30.7 Å². The van der Waals surface area contributed by atoms with Crippen LogP contribution in [0.1, 0.15) is 35.1 Å². The van der Waals surface area contributed by atoms with Crippen LogP contribution in [-0.4, -0.2) is 53.2 Å². The molecule has 26 heavy (non-hydrogen) atoms. The van der Waals surface area contributed by atoms with Gasteiger partial charge in [-0.1, -0.05) is 6.92 Å². The molecular formula is C19H25N5O2. The topological polar surface area (TPSA) is 80.2 Å². The van der Waals surface area contributed by atoms with Gasteiger partial charge < -0.3 is 15.0 Å². The zero-order chi connectivity index (χ0) is 18.5. The molecular weight excluding hydrogens is 330 g/mol. The first kappa shape index (κ1) is 18.3. The number of amides is 1. The van der Waals surface area contributed by atoms with E-state index in [2.05, 4.69) is 32.1 Å². The molecule has 138 valence electrons. The number of carbonyl (C=O) groups excluding carboxylic acids is 1. The first-order valence-corrected chi connectivity index (χ1v) is 8.92. The molecule has 0 unspecified atom stereocenters. The van der Waals surface area contributed by atoms with Crippen molar-refractivity contribution in [2.45, 2.75) is 38.8 Å². The van der Waals surface area contributed by atoms with Gasteiger partial charge in [-0.3, -0.25) is 9.78 Å². The molecule has 3 heterocycles. The summed E-state index contributed by atoms with van der Waals surface area (Å²) in [5.41, 5.74) is 2.38. The lowest BCUT2D eigenvalue weighted by molar-refractivity contribution is 0.0945. The maximum atomic E-state index is 12.6. The Morgan fingerprint density at radius 1 is 1.38 bits per heavy atom. The highest BCUT2D eigenvalue weighted by Crippen LogP contribution is 2.24. The van der Waals surface area contributed by atoms with Gasteiger partial charge >= 0.3 is 0 Å². The number of aryl methyl sites for hydroxylation is 2. The fourth-order valence-electron chi connectivity index (χ4n) is 3.33. The third kappa shape index (κ3) is 3.99. The highest BCUT2D eigenvalue weighted by Gasteiger charge is 2.33. The van der Waals surface area contributed by atoms with Gasteiger partial charge in [-0.25, -0.2) is 9.97 Å². The Morgan fingerprint density at radius 2 is 2.23 bits per heavy atom. The Kier molecular flexibility index (Phi) is 5.78. The Morgan fingerprint density at radius 3 is 2.88 bits per heavy atom. The van der Waals surface area contributed by atoms with Crippen molar-refractivity contribution in [2.24, 2.45) is 0 Å². The number of methoxy groups -OCH3 is 1. The molecule has 7 nitrogen and oxygen atoms in total. The van der Waals surface area contributed by atoms with E-state index in [1.165, 1.54) is 6.33 Å². The molecule has 0 spiro atoms. The van der Waals surface area contributed by atoms with Crippen LogP contribution >= 0.6 is 0 Å². The van der Waals surface area contributed by atoms with Gasteiger partial charge in [-0.05, 0) is 38.0 Å². The summed E-state index contributed by atoms with van der Waals surface area (Å²) in [6.07, 6.45) is 5.08. The van der Waals surface area contributed by atoms with E-state index in [-0.39, 0.29) is 18.1 Å². The van der Waals surface area contributed by atoms with Gasteiger partial charge in [0, 0.05) is 32.1 Å². The summed E-state index contributed by atoms with van der Waals surface area (Å²) in [6.45, 7) is 5.20. The van der Waals surface area contributed by atoms with Crippen LogP contribution in [0, 0.1) is 6.92 Å². The summed E-state index contributed by atoms with van der Waals surface area (Å²) >= 11 is 0. The van der Waals surface area contributed by atoms with Gasteiger partial charge in [-0.15, -0.1) is 0 Å². The molecule has 1 aliphatic heterocycles. The summed E-state index contributed by atoms with van der Waals surface area (Å²) in [5.74, 6) is 0.755. The second-order valence-electron chi connectivity index (χ2n) is 6.47. The molecule has 0 saturated carbocycles. The Labute approximate surface area is 153 Å². The lowest BCUT2D eigenvalue weighted by Gasteiger charge is -2.25. The van der Waals surface area contributed by atoms with Gasteiger partial charge in [0.05, 0.1) is 23.4 Å². The first-order valence-electron chi connectivity index (χ1n) is 8.92. The number of carbonyl (C=O) groups is 1. The van der Waals surface area contributed by atoms with Gasteiger partial charge in [0.25, 0.3) is 5.91 Å². The fourth-order valence-corrected chi connectivity index (χ4v) is 3.33. The van der Waals surface area contributed by atoms with Crippen LogP contribution in [0.5, 0.6) is 0 Å². The molecule has 1 amide bonds. The van der Waals surface area contributed by atoms with Crippen LogP contribution in [0.4, 0.5) is 5.82 Å². The Bertz CT molecular complexity index is 753. The van der Waals surface area contributed by atoms with E-state index >= 15 is 0 Å². The number of hydrogen-bond acceptors (Lipinski definition) is 6. The van der Waals surface area contributed by atoms with Crippen LogP contribution in [-0.2, 0) is 11.2 Å². The lowest BCUT2D eigenvalue weighted by atomic mass is 10.1. The van der Waals surface area contributed by atoms with E-state index in [9.17, 15) is 4.79 Å². The predicted octanol–water partition coefficient (Wildman–Crippen LogP) is 1.77. The zero-order valence-corrected chi connectivity index (χ0v) is 15.5. The largest absolute Gasteiger partial charge is 0.380 e. The molecule has 1 aliphatic rings. The van der Waals surface area contributed by atoms with Crippen molar-refractivity contribution in [1.29, 1.82) is 0 Å². The second kappa shape index (κ2) is 8.23. The van der Waals surface area contributed by atoms with Crippen molar-refractivity contribution in [3.05, 3.63) is 47.7 Å². The molecule has 0 radical (unpaired) electrons. The molecule has 3 rings (SSSR count). The van der Waals surface area contributed by atoms with Crippen molar-refractivity contribution in [3.8, 4) is 0 Å². The Balaban J connectivity index is 1.68. The maximum absolute atomic E-state index is 12.6. The van der Waals surface area contributed by atoms with Crippen LogP contribution in [0.25, 0.3) is 0 Å². The molecule has 1 fully saturated rings. The number of nitrogens with zero attached hydrogens (tertiary/aromatic N) is 4. The van der Waals surface area contributed by atoms with E-state index in [1.807, 2.05) is 25.1 Å². The standard InChI is InChI=1S/C19H25N5O2/c1-4-14-5-6-17(13(2)23-14)19(25)21-10-15-9-16(26-3)11-24(15)18-7-8-20-12-22-18/h5-8,12,15-16H,4,9-11H2,1-3H3,(H,21,25)/t15-,16-/m1/s1. The zero-order valence-electron chi connectivity index (χ0n) is 15.5. The first-order chi connectivity index (χ1) is 12.6. The highest BCUT2D eigenvalue weighted by molar-refractivity contribution is 5.95. The minimum absolute atomic E-state index is 0.0962. The van der Waals surface area contributed by atoms with E-state index in [1.54, 1.807) is 13.3 Å². The van der Waals surface area contributed by atoms with Crippen molar-refractivity contribution >= 4 is 11.7 Å². The molecule has 0 aliphatic carbocycles. The average Bonchev–Trinajstić information content (AvgIpc) is 3.10. The van der Waals surface area contributed by atoms with E-state index in [0.29, 0.717) is 12.1 Å². The lowest BCUT2D eigenvalue weighted by Crippen LogP contribution is -2.40. The summed E-state index contributed by atoms with van der Waals surface area (Å²) in [4.78, 5) is 27.5. The molecule has 2 aromatic rings. The normalized spacial score (nSPS) is 19.6. The number of ether oxygens (including phenoxy) is 1. The SMILES string of the molecule is CCc1ccc(C(=O)NC[C@H]2C[C@@H](OC)CN2c2ccncn2)c(C)n1. The van der Waals surface area contributed by atoms with Crippen LogP contribution in [0.3, 0.4) is 0 Å². The maximum Gasteiger partial charge on any atom is 0.253 e. The van der Waals surface area contributed by atoms with E-state index in [0.717, 1.165) is 36.6 Å². The third-order valence-electron chi connectivity index (χ3n) is 4.82. The number of hydrogen-bond donors (Lipinski definition) is 1. The number of aromatic nitrogens is 3. The number of pyridine rings is 1. The van der Waals surface area contributed by atoms with E-state index < -0.39 is 0 Å². The van der Waals surface area contributed by atoms with Gasteiger partial charge in [0.2, 0.25) is 0 Å². The van der Waals surface area contributed by atoms with Crippen molar-refractivity contribution < 1.29 is 9.53 Å².